The zero-order valence-corrected chi connectivity index (χ0v) is 14.0. The molecule has 3 nitrogen and oxygen atoms in total. The van der Waals surface area contributed by atoms with Crippen LogP contribution in [-0.2, 0) is 0 Å². The molecule has 0 bridgehead atoms. The first-order chi connectivity index (χ1) is 8.78. The lowest BCUT2D eigenvalue weighted by molar-refractivity contribution is 0.139. The van der Waals surface area contributed by atoms with Crippen molar-refractivity contribution in [2.75, 3.05) is 13.1 Å². The predicted octanol–water partition coefficient (Wildman–Crippen LogP) is 3.07. The van der Waals surface area contributed by atoms with Gasteiger partial charge in [-0.15, -0.1) is 0 Å². The largest absolute Gasteiger partial charge is 0.390 e. The molecule has 2 atom stereocenters. The highest BCUT2D eigenvalue weighted by molar-refractivity contribution is 4.84. The fourth-order valence-corrected chi connectivity index (χ4v) is 2.49. The van der Waals surface area contributed by atoms with Crippen molar-refractivity contribution in [2.24, 2.45) is 0 Å². The monoisotopic (exact) mass is 272 g/mol. The first kappa shape index (κ1) is 18.9. The molecular weight excluding hydrogens is 236 g/mol. The molecule has 0 spiro atoms. The fraction of sp³-hybridized carbons (Fsp3) is 1.00. The number of aliphatic hydroxyl groups excluding tert-OH is 1. The van der Waals surface area contributed by atoms with E-state index in [1.54, 1.807) is 0 Å². The number of hydrogen-bond acceptors (Lipinski definition) is 3. The second kappa shape index (κ2) is 8.93. The third kappa shape index (κ3) is 8.61. The van der Waals surface area contributed by atoms with Gasteiger partial charge in [-0.25, -0.2) is 0 Å². The average molecular weight is 272 g/mol. The highest BCUT2D eigenvalue weighted by Crippen LogP contribution is 2.16. The molecule has 0 radical (unpaired) electrons. The van der Waals surface area contributed by atoms with Crippen molar-refractivity contribution in [1.29, 1.82) is 0 Å². The van der Waals surface area contributed by atoms with Crippen LogP contribution in [0.15, 0.2) is 0 Å². The molecule has 0 saturated heterocycles. The summed E-state index contributed by atoms with van der Waals surface area (Å²) in [7, 11) is 0. The molecule has 0 aromatic rings. The number of rotatable bonds is 11. The number of nitrogens with one attached hydrogen (secondary N) is 2. The smallest absolute Gasteiger partial charge is 0.0789 e. The van der Waals surface area contributed by atoms with Gasteiger partial charge in [-0.3, -0.25) is 0 Å². The third-order valence-corrected chi connectivity index (χ3v) is 4.04. The van der Waals surface area contributed by atoms with Crippen LogP contribution in [0, 0.1) is 0 Å². The maximum Gasteiger partial charge on any atom is 0.0789 e. The zero-order valence-electron chi connectivity index (χ0n) is 14.0. The van der Waals surface area contributed by atoms with Gasteiger partial charge in [0.2, 0.25) is 0 Å². The lowest BCUT2D eigenvalue weighted by Crippen LogP contribution is -2.50. The quantitative estimate of drug-likeness (QED) is 0.541. The van der Waals surface area contributed by atoms with Crippen molar-refractivity contribution < 1.29 is 5.11 Å². The molecule has 19 heavy (non-hydrogen) atoms. The van der Waals surface area contributed by atoms with Gasteiger partial charge in [0.1, 0.15) is 0 Å². The summed E-state index contributed by atoms with van der Waals surface area (Å²) in [6.07, 6.45) is 5.41. The van der Waals surface area contributed by atoms with Gasteiger partial charge in [0, 0.05) is 24.2 Å². The van der Waals surface area contributed by atoms with Crippen molar-refractivity contribution in [2.45, 2.75) is 90.8 Å². The Balaban J connectivity index is 4.01. The Morgan fingerprint density at radius 3 is 1.89 bits per heavy atom. The minimum absolute atomic E-state index is 0.118. The van der Waals surface area contributed by atoms with E-state index in [2.05, 4.69) is 52.2 Å². The SMILES string of the molecule is CCCC(C)(C)NCC(O)CNC(C)(CC)CCC. The second-order valence-corrected chi connectivity index (χ2v) is 6.71. The van der Waals surface area contributed by atoms with Gasteiger partial charge in [-0.1, -0.05) is 33.6 Å². The van der Waals surface area contributed by atoms with Gasteiger partial charge in [-0.05, 0) is 40.0 Å². The molecule has 0 saturated carbocycles. The fourth-order valence-electron chi connectivity index (χ4n) is 2.49. The summed E-state index contributed by atoms with van der Waals surface area (Å²) in [4.78, 5) is 0. The molecule has 0 fully saturated rings. The minimum Gasteiger partial charge on any atom is -0.390 e. The van der Waals surface area contributed by atoms with Gasteiger partial charge in [0.25, 0.3) is 0 Å². The molecule has 0 aliphatic rings. The first-order valence-electron chi connectivity index (χ1n) is 7.96. The molecule has 116 valence electrons. The van der Waals surface area contributed by atoms with Crippen LogP contribution in [-0.4, -0.2) is 35.4 Å². The highest BCUT2D eigenvalue weighted by atomic mass is 16.3. The van der Waals surface area contributed by atoms with Gasteiger partial charge < -0.3 is 15.7 Å². The molecular formula is C16H36N2O. The molecule has 3 N–H and O–H groups in total. The highest BCUT2D eigenvalue weighted by Gasteiger charge is 2.22. The topological polar surface area (TPSA) is 44.3 Å². The first-order valence-corrected chi connectivity index (χ1v) is 7.96. The molecule has 3 heteroatoms. The number of hydrogen-bond donors (Lipinski definition) is 3. The van der Waals surface area contributed by atoms with Crippen LogP contribution in [0.1, 0.15) is 73.6 Å². The molecule has 0 aliphatic heterocycles. The summed E-state index contributed by atoms with van der Waals surface area (Å²) in [5.41, 5.74) is 0.280. The van der Waals surface area contributed by atoms with E-state index in [9.17, 15) is 5.11 Å². The Hall–Kier alpha value is -0.120. The second-order valence-electron chi connectivity index (χ2n) is 6.71. The van der Waals surface area contributed by atoms with Crippen LogP contribution in [0.2, 0.25) is 0 Å². The van der Waals surface area contributed by atoms with E-state index >= 15 is 0 Å². The molecule has 0 amide bonds. The standard InChI is InChI=1S/C16H36N2O/c1-7-10-15(4,5)17-12-14(19)13-18-16(6,9-3)11-8-2/h14,17-19H,7-13H2,1-6H3. The summed E-state index contributed by atoms with van der Waals surface area (Å²) in [6, 6.07) is 0. The Bertz CT molecular complexity index is 231. The molecule has 0 rings (SSSR count). The van der Waals surface area contributed by atoms with Crippen LogP contribution < -0.4 is 10.6 Å². The molecule has 0 aromatic heterocycles. The lowest BCUT2D eigenvalue weighted by Gasteiger charge is -2.32. The maximum absolute atomic E-state index is 10.1. The molecule has 0 aliphatic carbocycles. The van der Waals surface area contributed by atoms with Crippen LogP contribution >= 0.6 is 0 Å². The van der Waals surface area contributed by atoms with Crippen molar-refractivity contribution >= 4 is 0 Å². The molecule has 0 aromatic carbocycles. The molecule has 2 unspecified atom stereocenters. The Morgan fingerprint density at radius 2 is 1.42 bits per heavy atom. The van der Waals surface area contributed by atoms with Crippen molar-refractivity contribution in [1.82, 2.24) is 10.6 Å². The van der Waals surface area contributed by atoms with Crippen LogP contribution in [0.25, 0.3) is 0 Å². The summed E-state index contributed by atoms with van der Waals surface area (Å²) in [5, 5.41) is 17.1. The normalized spacial score (nSPS) is 17.2. The van der Waals surface area contributed by atoms with Crippen molar-refractivity contribution in [3.05, 3.63) is 0 Å². The number of aliphatic hydroxyl groups is 1. The van der Waals surface area contributed by atoms with Gasteiger partial charge >= 0.3 is 0 Å². The zero-order chi connectivity index (χ0) is 14.9. The maximum atomic E-state index is 10.1. The van der Waals surface area contributed by atoms with Crippen molar-refractivity contribution in [3.8, 4) is 0 Å². The third-order valence-electron chi connectivity index (χ3n) is 4.04. The van der Waals surface area contributed by atoms with E-state index in [0.29, 0.717) is 13.1 Å². The van der Waals surface area contributed by atoms with Gasteiger partial charge in [0.15, 0.2) is 0 Å². The van der Waals surface area contributed by atoms with E-state index in [4.69, 9.17) is 0 Å². The van der Waals surface area contributed by atoms with Crippen LogP contribution in [0.4, 0.5) is 0 Å². The van der Waals surface area contributed by atoms with E-state index < -0.39 is 0 Å². The minimum atomic E-state index is -0.320. The van der Waals surface area contributed by atoms with Crippen LogP contribution in [0.5, 0.6) is 0 Å². The van der Waals surface area contributed by atoms with Crippen LogP contribution in [0.3, 0.4) is 0 Å². The van der Waals surface area contributed by atoms with E-state index in [1.807, 2.05) is 0 Å². The number of β-amino-alcohol motifs (C(OH)–C–C–N with tert-alkyl or cyclic N) is 1. The van der Waals surface area contributed by atoms with E-state index in [0.717, 1.165) is 19.3 Å². The molecule has 0 heterocycles. The summed E-state index contributed by atoms with van der Waals surface area (Å²) < 4.78 is 0. The lowest BCUT2D eigenvalue weighted by atomic mass is 9.93. The Kier molecular flexibility index (Phi) is 8.88. The average Bonchev–Trinajstić information content (AvgIpc) is 2.34. The Labute approximate surface area is 120 Å². The summed E-state index contributed by atoms with van der Waals surface area (Å²) in [5.74, 6) is 0. The summed E-state index contributed by atoms with van der Waals surface area (Å²) >= 11 is 0. The predicted molar refractivity (Wildman–Crippen MR) is 84.6 cm³/mol. The van der Waals surface area contributed by atoms with Gasteiger partial charge in [0.05, 0.1) is 6.10 Å². The van der Waals surface area contributed by atoms with Crippen molar-refractivity contribution in [3.63, 3.8) is 0 Å². The van der Waals surface area contributed by atoms with Gasteiger partial charge in [-0.2, -0.15) is 0 Å². The summed E-state index contributed by atoms with van der Waals surface area (Å²) in [6.45, 7) is 14.6. The van der Waals surface area contributed by atoms with E-state index in [-0.39, 0.29) is 17.2 Å². The Morgan fingerprint density at radius 1 is 0.895 bits per heavy atom. The van der Waals surface area contributed by atoms with E-state index in [1.165, 1.54) is 12.8 Å².